The van der Waals surface area contributed by atoms with Crippen LogP contribution in [0.2, 0.25) is 0 Å². The van der Waals surface area contributed by atoms with Crippen molar-refractivity contribution >= 4 is 18.3 Å². The van der Waals surface area contributed by atoms with Crippen molar-refractivity contribution in [2.75, 3.05) is 0 Å². The van der Waals surface area contributed by atoms with Crippen LogP contribution in [0.3, 0.4) is 0 Å². The Labute approximate surface area is 163 Å². The summed E-state index contributed by atoms with van der Waals surface area (Å²) in [6.07, 6.45) is -2.02. The molecule has 156 valence electrons. The SMILES string of the molecule is CC(C)(C)OC(=O)Oc1ccc(C[C@H](N)C(=O)O)cc1OC(=O)OC(C)(C)C. The highest BCUT2D eigenvalue weighted by Crippen LogP contribution is 2.30. The monoisotopic (exact) mass is 397 g/mol. The number of aliphatic carboxylic acids is 1. The Bertz CT molecular complexity index is 730. The fourth-order valence-electron chi connectivity index (χ4n) is 1.91. The lowest BCUT2D eigenvalue weighted by Gasteiger charge is -2.21. The van der Waals surface area contributed by atoms with Gasteiger partial charge in [0, 0.05) is 0 Å². The summed E-state index contributed by atoms with van der Waals surface area (Å²) >= 11 is 0. The van der Waals surface area contributed by atoms with Gasteiger partial charge in [0.15, 0.2) is 11.5 Å². The van der Waals surface area contributed by atoms with Gasteiger partial charge in [0.2, 0.25) is 0 Å². The van der Waals surface area contributed by atoms with Crippen LogP contribution in [-0.2, 0) is 20.7 Å². The molecule has 1 atom stereocenters. The zero-order valence-electron chi connectivity index (χ0n) is 16.9. The molecule has 0 aliphatic carbocycles. The summed E-state index contributed by atoms with van der Waals surface area (Å²) in [5.74, 6) is -1.40. The topological polar surface area (TPSA) is 134 Å². The Kier molecular flexibility index (Phi) is 7.40. The first-order valence-electron chi connectivity index (χ1n) is 8.59. The quantitative estimate of drug-likeness (QED) is 0.567. The molecule has 0 bridgehead atoms. The minimum absolute atomic E-state index is 0.0211. The number of carboxylic acid groups (broad SMARTS) is 1. The molecule has 9 heteroatoms. The molecule has 1 aromatic rings. The zero-order chi connectivity index (χ0) is 21.7. The highest BCUT2D eigenvalue weighted by atomic mass is 16.8. The van der Waals surface area contributed by atoms with Crippen LogP contribution in [0.25, 0.3) is 0 Å². The maximum Gasteiger partial charge on any atom is 0.514 e. The normalized spacial score (nSPS) is 12.7. The van der Waals surface area contributed by atoms with Crippen LogP contribution in [0.5, 0.6) is 11.5 Å². The largest absolute Gasteiger partial charge is 0.514 e. The van der Waals surface area contributed by atoms with Gasteiger partial charge >= 0.3 is 18.3 Å². The van der Waals surface area contributed by atoms with Gasteiger partial charge in [0.25, 0.3) is 0 Å². The standard InChI is InChI=1S/C19H27NO8/c1-18(2,3)27-16(23)25-13-8-7-11(9-12(20)15(21)22)10-14(13)26-17(24)28-19(4,5)6/h7-8,10,12H,9,20H2,1-6H3,(H,21,22)/t12-/m0/s1. The van der Waals surface area contributed by atoms with Crippen molar-refractivity contribution < 1.29 is 38.4 Å². The van der Waals surface area contributed by atoms with E-state index in [0.29, 0.717) is 5.56 Å². The molecule has 0 spiro atoms. The highest BCUT2D eigenvalue weighted by Gasteiger charge is 2.24. The molecule has 0 amide bonds. The summed E-state index contributed by atoms with van der Waals surface area (Å²) in [6.45, 7) is 9.99. The van der Waals surface area contributed by atoms with Crippen molar-refractivity contribution in [3.8, 4) is 11.5 Å². The smallest absolute Gasteiger partial charge is 0.480 e. The number of benzene rings is 1. The predicted octanol–water partition coefficient (Wildman–Crippen LogP) is 3.27. The Morgan fingerprint density at radius 3 is 1.82 bits per heavy atom. The van der Waals surface area contributed by atoms with Gasteiger partial charge in [-0.25, -0.2) is 9.59 Å². The molecule has 0 aromatic heterocycles. The van der Waals surface area contributed by atoms with Crippen LogP contribution in [-0.4, -0.2) is 40.6 Å². The van der Waals surface area contributed by atoms with E-state index in [1.54, 1.807) is 41.5 Å². The van der Waals surface area contributed by atoms with E-state index in [-0.39, 0.29) is 17.9 Å². The van der Waals surface area contributed by atoms with Gasteiger partial charge in [-0.2, -0.15) is 0 Å². The first-order valence-corrected chi connectivity index (χ1v) is 8.59. The minimum atomic E-state index is -1.18. The number of carboxylic acids is 1. The van der Waals surface area contributed by atoms with E-state index < -0.39 is 35.5 Å². The van der Waals surface area contributed by atoms with Crippen molar-refractivity contribution in [2.45, 2.75) is 65.2 Å². The van der Waals surface area contributed by atoms with E-state index in [4.69, 9.17) is 29.8 Å². The molecular formula is C19H27NO8. The van der Waals surface area contributed by atoms with Gasteiger partial charge in [0.05, 0.1) is 0 Å². The Morgan fingerprint density at radius 1 is 0.929 bits per heavy atom. The Morgan fingerprint density at radius 2 is 1.39 bits per heavy atom. The molecule has 28 heavy (non-hydrogen) atoms. The van der Waals surface area contributed by atoms with Gasteiger partial charge in [-0.1, -0.05) is 6.07 Å². The van der Waals surface area contributed by atoms with Crippen molar-refractivity contribution in [3.05, 3.63) is 23.8 Å². The highest BCUT2D eigenvalue weighted by molar-refractivity contribution is 5.74. The third kappa shape index (κ3) is 8.72. The molecule has 1 aromatic carbocycles. The molecule has 0 aliphatic heterocycles. The summed E-state index contributed by atoms with van der Waals surface area (Å²) in [7, 11) is 0. The van der Waals surface area contributed by atoms with Gasteiger partial charge in [-0.3, -0.25) is 4.79 Å². The van der Waals surface area contributed by atoms with Crippen LogP contribution in [0.15, 0.2) is 18.2 Å². The average Bonchev–Trinajstić information content (AvgIpc) is 2.45. The number of hydrogen-bond acceptors (Lipinski definition) is 8. The number of carbonyl (C=O) groups is 3. The van der Waals surface area contributed by atoms with E-state index in [1.807, 2.05) is 0 Å². The summed E-state index contributed by atoms with van der Waals surface area (Å²) in [5, 5.41) is 8.95. The average molecular weight is 397 g/mol. The lowest BCUT2D eigenvalue weighted by Crippen LogP contribution is -2.32. The van der Waals surface area contributed by atoms with Crippen LogP contribution in [0, 0.1) is 0 Å². The molecule has 0 radical (unpaired) electrons. The number of hydrogen-bond donors (Lipinski definition) is 2. The summed E-state index contributed by atoms with van der Waals surface area (Å²) in [6, 6.07) is 3.07. The first-order chi connectivity index (χ1) is 12.7. The summed E-state index contributed by atoms with van der Waals surface area (Å²) < 4.78 is 20.4. The van der Waals surface area contributed by atoms with Gasteiger partial charge in [-0.15, -0.1) is 0 Å². The van der Waals surface area contributed by atoms with Crippen LogP contribution >= 0.6 is 0 Å². The first kappa shape index (κ1) is 23.2. The molecular weight excluding hydrogens is 370 g/mol. The van der Waals surface area contributed by atoms with Gasteiger partial charge in [0.1, 0.15) is 17.2 Å². The molecule has 0 aliphatic rings. The molecule has 9 nitrogen and oxygen atoms in total. The fraction of sp³-hybridized carbons (Fsp3) is 0.526. The van der Waals surface area contributed by atoms with Crippen molar-refractivity contribution in [1.82, 2.24) is 0 Å². The minimum Gasteiger partial charge on any atom is -0.480 e. The molecule has 0 saturated carbocycles. The molecule has 0 unspecified atom stereocenters. The van der Waals surface area contributed by atoms with E-state index >= 15 is 0 Å². The predicted molar refractivity (Wildman–Crippen MR) is 99.5 cm³/mol. The Balaban J connectivity index is 3.10. The molecule has 1 rings (SSSR count). The van der Waals surface area contributed by atoms with Crippen molar-refractivity contribution in [1.29, 1.82) is 0 Å². The van der Waals surface area contributed by atoms with E-state index in [9.17, 15) is 14.4 Å². The fourth-order valence-corrected chi connectivity index (χ4v) is 1.91. The number of ether oxygens (including phenoxy) is 4. The van der Waals surface area contributed by atoms with E-state index in [1.165, 1.54) is 18.2 Å². The molecule has 3 N–H and O–H groups in total. The van der Waals surface area contributed by atoms with Crippen LogP contribution in [0.4, 0.5) is 9.59 Å². The second-order valence-electron chi connectivity index (χ2n) is 8.06. The third-order valence-corrected chi connectivity index (χ3v) is 2.95. The summed E-state index contributed by atoms with van der Waals surface area (Å²) in [4.78, 5) is 34.9. The van der Waals surface area contributed by atoms with E-state index in [2.05, 4.69) is 0 Å². The maximum absolute atomic E-state index is 12.0. The number of nitrogens with two attached hydrogens (primary N) is 1. The zero-order valence-corrected chi connectivity index (χ0v) is 16.9. The van der Waals surface area contributed by atoms with Crippen molar-refractivity contribution in [3.63, 3.8) is 0 Å². The van der Waals surface area contributed by atoms with Gasteiger partial charge < -0.3 is 29.8 Å². The van der Waals surface area contributed by atoms with Gasteiger partial charge in [-0.05, 0) is 65.7 Å². The lowest BCUT2D eigenvalue weighted by molar-refractivity contribution is -0.138. The summed E-state index contributed by atoms with van der Waals surface area (Å²) in [5.41, 5.74) is 4.42. The molecule has 0 heterocycles. The van der Waals surface area contributed by atoms with E-state index in [0.717, 1.165) is 0 Å². The van der Waals surface area contributed by atoms with Crippen LogP contribution < -0.4 is 15.2 Å². The number of rotatable bonds is 5. The molecule has 0 fully saturated rings. The Hall–Kier alpha value is -2.81. The lowest BCUT2D eigenvalue weighted by atomic mass is 10.1. The second-order valence-corrected chi connectivity index (χ2v) is 8.06. The number of carbonyl (C=O) groups excluding carboxylic acids is 2. The second kappa shape index (κ2) is 8.92. The van der Waals surface area contributed by atoms with Crippen LogP contribution in [0.1, 0.15) is 47.1 Å². The maximum atomic E-state index is 12.0. The third-order valence-electron chi connectivity index (χ3n) is 2.95. The molecule has 0 saturated heterocycles. The van der Waals surface area contributed by atoms with Crippen molar-refractivity contribution in [2.24, 2.45) is 5.73 Å².